The van der Waals surface area contributed by atoms with Gasteiger partial charge in [-0.15, -0.1) is 11.3 Å². The van der Waals surface area contributed by atoms with Crippen LogP contribution in [0.1, 0.15) is 48.7 Å². The highest BCUT2D eigenvalue weighted by Crippen LogP contribution is 2.35. The fourth-order valence-corrected chi connectivity index (χ4v) is 5.63. The number of carbonyl (C=O) groups excluding carboxylic acids is 2. The molecule has 1 saturated carbocycles. The zero-order valence-electron chi connectivity index (χ0n) is 16.9. The Balaban J connectivity index is 1.55. The van der Waals surface area contributed by atoms with Crippen LogP contribution in [0.4, 0.5) is 4.39 Å². The second kappa shape index (κ2) is 7.23. The van der Waals surface area contributed by atoms with Gasteiger partial charge in [-0.3, -0.25) is 9.59 Å². The molecule has 5 rings (SSSR count). The highest BCUT2D eigenvalue weighted by Gasteiger charge is 2.48. The Morgan fingerprint density at radius 1 is 1.27 bits per heavy atom. The number of nitrogens with zero attached hydrogens (tertiary/aromatic N) is 2. The number of hydrogen-bond acceptors (Lipinski definition) is 3. The summed E-state index contributed by atoms with van der Waals surface area (Å²) >= 11 is 1.57. The molecule has 1 fully saturated rings. The van der Waals surface area contributed by atoms with Crippen molar-refractivity contribution in [3.8, 4) is 0 Å². The summed E-state index contributed by atoms with van der Waals surface area (Å²) in [6.45, 7) is 2.40. The molecule has 2 amide bonds. The second-order valence-electron chi connectivity index (χ2n) is 8.55. The SMILES string of the molecule is C[C@@]1(C(=O)NC2CCCC2)Cn2c(cc3ccsc32)C(=O)N1Cc1cccc(F)c1. The highest BCUT2D eigenvalue weighted by atomic mass is 32.1. The summed E-state index contributed by atoms with van der Waals surface area (Å²) in [5.41, 5.74) is 0.194. The fraction of sp³-hybridized carbons (Fsp3) is 0.391. The van der Waals surface area contributed by atoms with Gasteiger partial charge in [-0.25, -0.2) is 4.39 Å². The molecule has 3 heterocycles. The van der Waals surface area contributed by atoms with E-state index in [1.54, 1.807) is 28.4 Å². The lowest BCUT2D eigenvalue weighted by Gasteiger charge is -2.44. The number of fused-ring (bicyclic) bond motifs is 3. The molecule has 0 saturated heterocycles. The van der Waals surface area contributed by atoms with Gasteiger partial charge in [0.1, 0.15) is 21.9 Å². The molecule has 0 bridgehead atoms. The van der Waals surface area contributed by atoms with E-state index >= 15 is 0 Å². The van der Waals surface area contributed by atoms with Gasteiger partial charge in [0, 0.05) is 18.0 Å². The first kappa shape index (κ1) is 19.3. The van der Waals surface area contributed by atoms with Crippen molar-refractivity contribution < 1.29 is 14.0 Å². The van der Waals surface area contributed by atoms with Crippen LogP contribution in [0.3, 0.4) is 0 Å². The average Bonchev–Trinajstić information content (AvgIpc) is 3.44. The van der Waals surface area contributed by atoms with Crippen molar-refractivity contribution in [3.05, 3.63) is 58.9 Å². The van der Waals surface area contributed by atoms with Crippen molar-refractivity contribution in [2.45, 2.75) is 57.3 Å². The van der Waals surface area contributed by atoms with Crippen molar-refractivity contribution in [2.75, 3.05) is 0 Å². The molecule has 3 aromatic rings. The maximum absolute atomic E-state index is 13.8. The van der Waals surface area contributed by atoms with Gasteiger partial charge in [0.15, 0.2) is 0 Å². The lowest BCUT2D eigenvalue weighted by molar-refractivity contribution is -0.133. The van der Waals surface area contributed by atoms with E-state index < -0.39 is 5.54 Å². The predicted molar refractivity (Wildman–Crippen MR) is 115 cm³/mol. The Morgan fingerprint density at radius 3 is 2.83 bits per heavy atom. The van der Waals surface area contributed by atoms with Crippen LogP contribution >= 0.6 is 11.3 Å². The van der Waals surface area contributed by atoms with Crippen molar-refractivity contribution in [1.82, 2.24) is 14.8 Å². The molecule has 156 valence electrons. The van der Waals surface area contributed by atoms with E-state index in [0.717, 1.165) is 35.9 Å². The Hall–Kier alpha value is -2.67. The summed E-state index contributed by atoms with van der Waals surface area (Å²) in [6, 6.07) is 10.3. The normalized spacial score (nSPS) is 21.9. The summed E-state index contributed by atoms with van der Waals surface area (Å²) in [6.07, 6.45) is 4.18. The van der Waals surface area contributed by atoms with Gasteiger partial charge < -0.3 is 14.8 Å². The van der Waals surface area contributed by atoms with Crippen molar-refractivity contribution in [2.24, 2.45) is 0 Å². The number of amides is 2. The summed E-state index contributed by atoms with van der Waals surface area (Å²) in [7, 11) is 0. The number of hydrogen-bond donors (Lipinski definition) is 1. The van der Waals surface area contributed by atoms with Crippen LogP contribution < -0.4 is 5.32 Å². The number of benzene rings is 1. The summed E-state index contributed by atoms with van der Waals surface area (Å²) < 4.78 is 15.8. The maximum Gasteiger partial charge on any atom is 0.271 e. The number of rotatable bonds is 4. The van der Waals surface area contributed by atoms with E-state index in [4.69, 9.17) is 0 Å². The maximum atomic E-state index is 13.8. The van der Waals surface area contributed by atoms with Crippen LogP contribution in [0.15, 0.2) is 41.8 Å². The topological polar surface area (TPSA) is 54.3 Å². The Labute approximate surface area is 178 Å². The molecule has 1 aliphatic heterocycles. The first-order chi connectivity index (χ1) is 14.5. The molecule has 1 N–H and O–H groups in total. The zero-order valence-corrected chi connectivity index (χ0v) is 17.7. The van der Waals surface area contributed by atoms with E-state index in [2.05, 4.69) is 5.32 Å². The van der Waals surface area contributed by atoms with Crippen molar-refractivity contribution in [1.29, 1.82) is 0 Å². The minimum absolute atomic E-state index is 0.136. The van der Waals surface area contributed by atoms with Gasteiger partial charge in [-0.05, 0) is 55.0 Å². The highest BCUT2D eigenvalue weighted by molar-refractivity contribution is 7.16. The van der Waals surface area contributed by atoms with E-state index in [0.29, 0.717) is 17.8 Å². The van der Waals surface area contributed by atoms with Crippen LogP contribution in [0.2, 0.25) is 0 Å². The van der Waals surface area contributed by atoms with Gasteiger partial charge >= 0.3 is 0 Å². The molecule has 2 aromatic heterocycles. The Kier molecular flexibility index (Phi) is 4.65. The molecule has 30 heavy (non-hydrogen) atoms. The molecule has 1 aromatic carbocycles. The smallest absolute Gasteiger partial charge is 0.271 e. The molecule has 2 aliphatic rings. The number of carbonyl (C=O) groups is 2. The molecule has 5 nitrogen and oxygen atoms in total. The van der Waals surface area contributed by atoms with Gasteiger partial charge in [0.25, 0.3) is 5.91 Å². The summed E-state index contributed by atoms with van der Waals surface area (Å²) in [5, 5.41) is 6.19. The largest absolute Gasteiger partial charge is 0.351 e. The lowest BCUT2D eigenvalue weighted by Crippen LogP contribution is -2.64. The molecule has 1 atom stereocenters. The molecular weight excluding hydrogens is 401 g/mol. The van der Waals surface area contributed by atoms with Crippen LogP contribution in [0.5, 0.6) is 0 Å². The summed E-state index contributed by atoms with van der Waals surface area (Å²) in [4.78, 5) is 29.7. The monoisotopic (exact) mass is 425 g/mol. The molecule has 0 unspecified atom stereocenters. The van der Waals surface area contributed by atoms with E-state index in [1.165, 1.54) is 12.1 Å². The fourth-order valence-electron chi connectivity index (χ4n) is 4.73. The number of halogens is 1. The first-order valence-electron chi connectivity index (χ1n) is 10.4. The quantitative estimate of drug-likeness (QED) is 0.677. The molecule has 0 spiro atoms. The van der Waals surface area contributed by atoms with Crippen LogP contribution in [-0.2, 0) is 17.9 Å². The Bertz CT molecular complexity index is 1130. The van der Waals surface area contributed by atoms with Crippen LogP contribution in [0, 0.1) is 5.82 Å². The van der Waals surface area contributed by atoms with E-state index in [9.17, 15) is 14.0 Å². The second-order valence-corrected chi connectivity index (χ2v) is 9.44. The third-order valence-corrected chi connectivity index (χ3v) is 7.39. The minimum atomic E-state index is -1.06. The van der Waals surface area contributed by atoms with Gasteiger partial charge in [-0.2, -0.15) is 0 Å². The predicted octanol–water partition coefficient (Wildman–Crippen LogP) is 4.32. The third kappa shape index (κ3) is 3.12. The van der Waals surface area contributed by atoms with E-state index in [1.807, 2.05) is 29.0 Å². The standard InChI is InChI=1S/C23H24FN3O2S/c1-23(22(29)25-18-7-2-3-8-18)14-26-19(12-16-9-10-30-21(16)26)20(28)27(23)13-15-5-4-6-17(24)11-15/h4-6,9-12,18H,2-3,7-8,13-14H2,1H3,(H,25,29)/t23-/m0/s1. The number of aromatic nitrogens is 1. The van der Waals surface area contributed by atoms with Gasteiger partial charge in [0.2, 0.25) is 5.91 Å². The molecule has 7 heteroatoms. The van der Waals surface area contributed by atoms with Crippen LogP contribution in [-0.4, -0.2) is 32.9 Å². The summed E-state index contributed by atoms with van der Waals surface area (Å²) in [5.74, 6) is -0.681. The molecule has 0 radical (unpaired) electrons. The van der Waals surface area contributed by atoms with Crippen molar-refractivity contribution in [3.63, 3.8) is 0 Å². The average molecular weight is 426 g/mol. The van der Waals surface area contributed by atoms with Gasteiger partial charge in [-0.1, -0.05) is 25.0 Å². The molecular formula is C23H24FN3O2S. The zero-order chi connectivity index (χ0) is 20.9. The third-order valence-electron chi connectivity index (χ3n) is 6.44. The van der Waals surface area contributed by atoms with E-state index in [-0.39, 0.29) is 30.2 Å². The minimum Gasteiger partial charge on any atom is -0.351 e. The Morgan fingerprint density at radius 2 is 2.07 bits per heavy atom. The number of nitrogens with one attached hydrogen (secondary N) is 1. The molecule has 1 aliphatic carbocycles. The lowest BCUT2D eigenvalue weighted by atomic mass is 9.93. The number of thiophene rings is 1. The first-order valence-corrected chi connectivity index (χ1v) is 11.3. The van der Waals surface area contributed by atoms with Gasteiger partial charge in [0.05, 0.1) is 6.54 Å². The van der Waals surface area contributed by atoms with Crippen molar-refractivity contribution >= 4 is 33.4 Å². The van der Waals surface area contributed by atoms with Crippen LogP contribution in [0.25, 0.3) is 10.2 Å².